The molecule has 0 spiro atoms. The number of carbonyl (C=O) groups is 2. The lowest BCUT2D eigenvalue weighted by atomic mass is 10.0. The molecule has 26 heavy (non-hydrogen) atoms. The van der Waals surface area contributed by atoms with Crippen LogP contribution in [-0.4, -0.2) is 53.2 Å². The number of carboxylic acid groups (broad SMARTS) is 1. The fraction of sp³-hybridized carbons (Fsp3) is 0.333. The van der Waals surface area contributed by atoms with Crippen molar-refractivity contribution in [3.8, 4) is 5.75 Å². The van der Waals surface area contributed by atoms with Crippen LogP contribution in [-0.2, 0) is 0 Å². The quantitative estimate of drug-likeness (QED) is 0.838. The Bertz CT molecular complexity index is 797. The Hall–Kier alpha value is -3.16. The molecule has 2 heterocycles. The van der Waals surface area contributed by atoms with Gasteiger partial charge in [0, 0.05) is 37.1 Å². The minimum Gasteiger partial charge on any atom is -0.497 e. The number of aromatic nitrogens is 2. The summed E-state index contributed by atoms with van der Waals surface area (Å²) in [5.74, 6) is -0.317. The lowest BCUT2D eigenvalue weighted by molar-refractivity contribution is 0.0696. The van der Waals surface area contributed by atoms with E-state index in [2.05, 4.69) is 20.2 Å². The summed E-state index contributed by atoms with van der Waals surface area (Å²) in [7, 11) is 1.43. The van der Waals surface area contributed by atoms with Crippen LogP contribution >= 0.6 is 0 Å². The number of carboxylic acids is 1. The molecule has 1 amide bonds. The average Bonchev–Trinajstić information content (AvgIpc) is 2.68. The highest BCUT2D eigenvalue weighted by atomic mass is 16.5. The Morgan fingerprint density at radius 1 is 1.27 bits per heavy atom. The van der Waals surface area contributed by atoms with E-state index < -0.39 is 5.97 Å². The minimum atomic E-state index is -1.11. The number of aromatic carboxylic acids is 1. The second-order valence-corrected chi connectivity index (χ2v) is 6.08. The lowest BCUT2D eigenvalue weighted by Gasteiger charge is -2.33. The van der Waals surface area contributed by atoms with Gasteiger partial charge in [-0.15, -0.1) is 0 Å². The molecule has 0 aliphatic carbocycles. The molecule has 1 saturated heterocycles. The van der Waals surface area contributed by atoms with E-state index in [0.29, 0.717) is 12.3 Å². The van der Waals surface area contributed by atoms with Crippen molar-refractivity contribution in [2.45, 2.75) is 18.9 Å². The average molecular weight is 356 g/mol. The Morgan fingerprint density at radius 3 is 2.77 bits per heavy atom. The molecular weight excluding hydrogens is 336 g/mol. The number of amides is 1. The third-order valence-corrected chi connectivity index (χ3v) is 4.28. The van der Waals surface area contributed by atoms with E-state index in [4.69, 9.17) is 4.74 Å². The molecular formula is C18H20N4O4. The zero-order valence-corrected chi connectivity index (χ0v) is 14.4. The second-order valence-electron chi connectivity index (χ2n) is 6.08. The van der Waals surface area contributed by atoms with Crippen LogP contribution in [0.25, 0.3) is 0 Å². The smallest absolute Gasteiger partial charge is 0.335 e. The molecule has 8 heteroatoms. The number of piperidine rings is 1. The number of anilines is 1. The van der Waals surface area contributed by atoms with Crippen LogP contribution in [0.3, 0.4) is 0 Å². The van der Waals surface area contributed by atoms with Crippen LogP contribution in [0.15, 0.2) is 36.8 Å². The van der Waals surface area contributed by atoms with Gasteiger partial charge in [0.05, 0.1) is 18.9 Å². The first kappa shape index (κ1) is 17.7. The number of rotatable bonds is 5. The van der Waals surface area contributed by atoms with Gasteiger partial charge in [-0.1, -0.05) is 0 Å². The van der Waals surface area contributed by atoms with E-state index in [1.54, 1.807) is 18.6 Å². The zero-order chi connectivity index (χ0) is 18.5. The van der Waals surface area contributed by atoms with Crippen LogP contribution in [0, 0.1) is 0 Å². The maximum absolute atomic E-state index is 12.6. The van der Waals surface area contributed by atoms with Crippen LogP contribution in [0.4, 0.5) is 5.82 Å². The van der Waals surface area contributed by atoms with Gasteiger partial charge >= 0.3 is 5.97 Å². The van der Waals surface area contributed by atoms with Gasteiger partial charge < -0.3 is 20.1 Å². The van der Waals surface area contributed by atoms with Crippen LogP contribution in [0.2, 0.25) is 0 Å². The topological polar surface area (TPSA) is 105 Å². The highest BCUT2D eigenvalue weighted by Gasteiger charge is 2.23. The standard InChI is InChI=1S/C18H20N4O4/c1-26-15-8-12(7-13(9-15)18(24)25)17(23)21-14-3-2-6-22(11-14)16-10-19-4-5-20-16/h4-5,7-10,14H,2-3,6,11H2,1H3,(H,21,23)(H,24,25)/t14-/m0/s1. The molecule has 0 saturated carbocycles. The maximum atomic E-state index is 12.6. The number of nitrogens with one attached hydrogen (secondary N) is 1. The monoisotopic (exact) mass is 356 g/mol. The maximum Gasteiger partial charge on any atom is 0.335 e. The van der Waals surface area contributed by atoms with Gasteiger partial charge in [-0.2, -0.15) is 0 Å². The van der Waals surface area contributed by atoms with Gasteiger partial charge in [0.1, 0.15) is 11.6 Å². The van der Waals surface area contributed by atoms with Crippen molar-refractivity contribution in [1.82, 2.24) is 15.3 Å². The largest absolute Gasteiger partial charge is 0.497 e. The van der Waals surface area contributed by atoms with Gasteiger partial charge in [0.2, 0.25) is 0 Å². The van der Waals surface area contributed by atoms with Crippen LogP contribution < -0.4 is 15.0 Å². The first-order valence-corrected chi connectivity index (χ1v) is 8.31. The summed E-state index contributed by atoms with van der Waals surface area (Å²) >= 11 is 0. The first-order chi connectivity index (χ1) is 12.6. The fourth-order valence-corrected chi connectivity index (χ4v) is 3.00. The van der Waals surface area contributed by atoms with E-state index in [0.717, 1.165) is 25.2 Å². The number of ether oxygens (including phenoxy) is 1. The number of methoxy groups -OCH3 is 1. The van der Waals surface area contributed by atoms with Gasteiger partial charge in [0.25, 0.3) is 5.91 Å². The first-order valence-electron chi connectivity index (χ1n) is 8.31. The molecule has 136 valence electrons. The zero-order valence-electron chi connectivity index (χ0n) is 14.4. The van der Waals surface area contributed by atoms with E-state index in [1.807, 2.05) is 0 Å². The van der Waals surface area contributed by atoms with Gasteiger partial charge in [-0.3, -0.25) is 9.78 Å². The molecule has 0 radical (unpaired) electrons. The Kier molecular flexibility index (Phi) is 5.31. The molecule has 1 aliphatic rings. The van der Waals surface area contributed by atoms with E-state index in [1.165, 1.54) is 25.3 Å². The Balaban J connectivity index is 1.71. The third-order valence-electron chi connectivity index (χ3n) is 4.28. The third kappa shape index (κ3) is 4.08. The molecule has 1 aromatic heterocycles. The van der Waals surface area contributed by atoms with Crippen molar-refractivity contribution in [3.63, 3.8) is 0 Å². The van der Waals surface area contributed by atoms with Crippen molar-refractivity contribution < 1.29 is 19.4 Å². The Morgan fingerprint density at radius 2 is 2.08 bits per heavy atom. The summed E-state index contributed by atoms with van der Waals surface area (Å²) in [6.07, 6.45) is 6.72. The number of benzene rings is 1. The summed E-state index contributed by atoms with van der Waals surface area (Å²) in [5, 5.41) is 12.2. The molecule has 1 atom stereocenters. The molecule has 2 N–H and O–H groups in total. The SMILES string of the molecule is COc1cc(C(=O)O)cc(C(=O)N[C@H]2CCCN(c3cnccn3)C2)c1. The number of hydrogen-bond acceptors (Lipinski definition) is 6. The van der Waals surface area contributed by atoms with Crippen molar-refractivity contribution in [2.24, 2.45) is 0 Å². The summed E-state index contributed by atoms with van der Waals surface area (Å²) in [6.45, 7) is 1.48. The van der Waals surface area contributed by atoms with Gasteiger partial charge in [0.15, 0.2) is 0 Å². The highest BCUT2D eigenvalue weighted by Crippen LogP contribution is 2.19. The molecule has 0 bridgehead atoms. The molecule has 1 aromatic carbocycles. The van der Waals surface area contributed by atoms with Crippen molar-refractivity contribution in [3.05, 3.63) is 47.9 Å². The summed E-state index contributed by atoms with van der Waals surface area (Å²) < 4.78 is 5.09. The molecule has 3 rings (SSSR count). The van der Waals surface area contributed by atoms with E-state index in [9.17, 15) is 14.7 Å². The van der Waals surface area contributed by atoms with Crippen molar-refractivity contribution in [2.75, 3.05) is 25.1 Å². The summed E-state index contributed by atoms with van der Waals surface area (Å²) in [4.78, 5) is 34.3. The van der Waals surface area contributed by atoms with Gasteiger partial charge in [-0.05, 0) is 31.0 Å². The predicted molar refractivity (Wildman–Crippen MR) is 94.7 cm³/mol. The van der Waals surface area contributed by atoms with E-state index >= 15 is 0 Å². The molecule has 1 fully saturated rings. The lowest BCUT2D eigenvalue weighted by Crippen LogP contribution is -2.48. The van der Waals surface area contributed by atoms with Crippen LogP contribution in [0.1, 0.15) is 33.6 Å². The number of nitrogens with zero attached hydrogens (tertiary/aromatic N) is 3. The molecule has 1 aliphatic heterocycles. The van der Waals surface area contributed by atoms with Crippen LogP contribution in [0.5, 0.6) is 5.75 Å². The number of hydrogen-bond donors (Lipinski definition) is 2. The Labute approximate surface area is 150 Å². The summed E-state index contributed by atoms with van der Waals surface area (Å²) in [6, 6.07) is 4.21. The van der Waals surface area contributed by atoms with Crippen molar-refractivity contribution in [1.29, 1.82) is 0 Å². The molecule has 8 nitrogen and oxygen atoms in total. The van der Waals surface area contributed by atoms with E-state index in [-0.39, 0.29) is 23.1 Å². The minimum absolute atomic E-state index is 0.0133. The second kappa shape index (κ2) is 7.81. The number of carbonyl (C=O) groups excluding carboxylic acids is 1. The summed E-state index contributed by atoms with van der Waals surface area (Å²) in [5.41, 5.74) is 0.276. The van der Waals surface area contributed by atoms with Crippen molar-refractivity contribution >= 4 is 17.7 Å². The van der Waals surface area contributed by atoms with Gasteiger partial charge in [-0.25, -0.2) is 9.78 Å². The predicted octanol–water partition coefficient (Wildman–Crippen LogP) is 1.58. The molecule has 0 unspecified atom stereocenters. The normalized spacial score (nSPS) is 16.8. The highest BCUT2D eigenvalue weighted by molar-refractivity contribution is 5.98. The fourth-order valence-electron chi connectivity index (χ4n) is 3.00. The molecule has 2 aromatic rings.